The van der Waals surface area contributed by atoms with Crippen LogP contribution in [0.3, 0.4) is 0 Å². The minimum absolute atomic E-state index is 0.00752. The summed E-state index contributed by atoms with van der Waals surface area (Å²) < 4.78 is 25.7. The lowest BCUT2D eigenvalue weighted by molar-refractivity contribution is 0.108. The third kappa shape index (κ3) is 3.87. The Labute approximate surface area is 110 Å². The van der Waals surface area contributed by atoms with Crippen LogP contribution in [0.4, 0.5) is 5.69 Å². The van der Waals surface area contributed by atoms with Crippen molar-refractivity contribution in [2.45, 2.75) is 12.2 Å². The van der Waals surface area contributed by atoms with Gasteiger partial charge in [0, 0.05) is 17.1 Å². The summed E-state index contributed by atoms with van der Waals surface area (Å²) in [5.41, 5.74) is 0.670. The van der Waals surface area contributed by atoms with E-state index in [1.54, 1.807) is 0 Å². The second-order valence-electron chi connectivity index (χ2n) is 3.46. The average molecular weight is 296 g/mol. The van der Waals surface area contributed by atoms with Crippen LogP contribution in [0.25, 0.3) is 0 Å². The predicted molar refractivity (Wildman–Crippen MR) is 69.4 cm³/mol. The summed E-state index contributed by atoms with van der Waals surface area (Å²) in [7, 11) is -3.50. The van der Waals surface area contributed by atoms with Gasteiger partial charge in [-0.15, -0.1) is 11.6 Å². The fourth-order valence-corrected chi connectivity index (χ4v) is 2.47. The van der Waals surface area contributed by atoms with Gasteiger partial charge in [-0.25, -0.2) is 8.42 Å². The van der Waals surface area contributed by atoms with Gasteiger partial charge in [0.25, 0.3) is 5.24 Å². The first-order valence-electron chi connectivity index (χ1n) is 4.74. The summed E-state index contributed by atoms with van der Waals surface area (Å²) in [5.74, 6) is 0.00752. The zero-order valence-electron chi connectivity index (χ0n) is 8.98. The van der Waals surface area contributed by atoms with Crippen LogP contribution in [0.15, 0.2) is 24.3 Å². The Morgan fingerprint density at radius 1 is 1.35 bits per heavy atom. The minimum Gasteiger partial charge on any atom is -0.283 e. The molecular formula is C10H11Cl2NO3S. The summed E-state index contributed by atoms with van der Waals surface area (Å²) in [5, 5.41) is -1.29. The van der Waals surface area contributed by atoms with E-state index in [4.69, 9.17) is 23.2 Å². The lowest BCUT2D eigenvalue weighted by atomic mass is 10.2. The molecule has 1 N–H and O–H groups in total. The first kappa shape index (κ1) is 14.3. The lowest BCUT2D eigenvalue weighted by Crippen LogP contribution is -2.26. The number of halogens is 2. The van der Waals surface area contributed by atoms with Crippen molar-refractivity contribution in [3.05, 3.63) is 29.8 Å². The minimum atomic E-state index is -3.50. The van der Waals surface area contributed by atoms with Gasteiger partial charge in [-0.2, -0.15) is 0 Å². The van der Waals surface area contributed by atoms with E-state index in [1.165, 1.54) is 31.2 Å². The highest BCUT2D eigenvalue weighted by Gasteiger charge is 2.19. The molecule has 0 bridgehead atoms. The van der Waals surface area contributed by atoms with Gasteiger partial charge in [-0.05, 0) is 42.8 Å². The second kappa shape index (κ2) is 5.71. The molecule has 1 aromatic rings. The number of hydrogen-bond acceptors (Lipinski definition) is 3. The van der Waals surface area contributed by atoms with Crippen LogP contribution in [-0.2, 0) is 10.0 Å². The molecule has 1 rings (SSSR count). The number of alkyl halides is 1. The molecule has 4 nitrogen and oxygen atoms in total. The van der Waals surface area contributed by atoms with Crippen molar-refractivity contribution in [2.24, 2.45) is 0 Å². The van der Waals surface area contributed by atoms with Gasteiger partial charge < -0.3 is 0 Å². The van der Waals surface area contributed by atoms with Crippen LogP contribution in [-0.4, -0.2) is 24.8 Å². The van der Waals surface area contributed by atoms with Crippen molar-refractivity contribution in [1.29, 1.82) is 0 Å². The van der Waals surface area contributed by atoms with Crippen LogP contribution in [0.2, 0.25) is 0 Å². The van der Waals surface area contributed by atoms with Crippen molar-refractivity contribution in [1.82, 2.24) is 0 Å². The Balaban J connectivity index is 2.86. The fourth-order valence-electron chi connectivity index (χ4n) is 1.02. The van der Waals surface area contributed by atoms with Gasteiger partial charge in [0.2, 0.25) is 10.0 Å². The summed E-state index contributed by atoms with van der Waals surface area (Å²) in [4.78, 5) is 10.8. The Morgan fingerprint density at radius 3 is 2.29 bits per heavy atom. The number of benzene rings is 1. The smallest absolute Gasteiger partial charge is 0.252 e. The number of hydrogen-bond donors (Lipinski definition) is 1. The van der Waals surface area contributed by atoms with Crippen molar-refractivity contribution < 1.29 is 13.2 Å². The third-order valence-electron chi connectivity index (χ3n) is 2.12. The van der Waals surface area contributed by atoms with Gasteiger partial charge in [0.15, 0.2) is 0 Å². The molecule has 0 aromatic heterocycles. The quantitative estimate of drug-likeness (QED) is 0.670. The van der Waals surface area contributed by atoms with Gasteiger partial charge in [0.05, 0.1) is 5.25 Å². The molecule has 1 unspecified atom stereocenters. The molecule has 0 aliphatic heterocycles. The highest BCUT2D eigenvalue weighted by Crippen LogP contribution is 2.15. The monoisotopic (exact) mass is 295 g/mol. The van der Waals surface area contributed by atoms with Crippen LogP contribution >= 0.6 is 23.2 Å². The first-order chi connectivity index (χ1) is 7.86. The zero-order chi connectivity index (χ0) is 13.1. The average Bonchev–Trinajstić information content (AvgIpc) is 2.28. The van der Waals surface area contributed by atoms with E-state index in [2.05, 4.69) is 4.72 Å². The van der Waals surface area contributed by atoms with E-state index in [0.29, 0.717) is 11.3 Å². The maximum absolute atomic E-state index is 11.7. The molecule has 0 saturated heterocycles. The van der Waals surface area contributed by atoms with Gasteiger partial charge in [0.1, 0.15) is 0 Å². The largest absolute Gasteiger partial charge is 0.283 e. The van der Waals surface area contributed by atoms with Crippen LogP contribution < -0.4 is 4.72 Å². The predicted octanol–water partition coefficient (Wildman–Crippen LogP) is 2.43. The van der Waals surface area contributed by atoms with Crippen LogP contribution in [0, 0.1) is 0 Å². The molecule has 0 radical (unpaired) electrons. The number of carbonyl (C=O) groups excluding carboxylic acids is 1. The van der Waals surface area contributed by atoms with E-state index in [1.807, 2.05) is 0 Å². The summed E-state index contributed by atoms with van der Waals surface area (Å²) >= 11 is 10.8. The lowest BCUT2D eigenvalue weighted by Gasteiger charge is -2.12. The fraction of sp³-hybridized carbons (Fsp3) is 0.300. The molecule has 0 aliphatic carbocycles. The molecule has 0 saturated carbocycles. The van der Waals surface area contributed by atoms with E-state index in [0.717, 1.165) is 0 Å². The number of sulfonamides is 1. The second-order valence-corrected chi connectivity index (χ2v) is 6.21. The topological polar surface area (TPSA) is 63.2 Å². The molecule has 0 amide bonds. The van der Waals surface area contributed by atoms with Crippen LogP contribution in [0.1, 0.15) is 17.3 Å². The van der Waals surface area contributed by atoms with Gasteiger partial charge in [-0.1, -0.05) is 0 Å². The normalized spacial score (nSPS) is 13.1. The summed E-state index contributed by atoms with van der Waals surface area (Å²) in [6, 6.07) is 5.82. The Hall–Kier alpha value is -0.780. The first-order valence-corrected chi connectivity index (χ1v) is 7.20. The number of nitrogens with one attached hydrogen (secondary N) is 1. The molecule has 7 heteroatoms. The van der Waals surface area contributed by atoms with Crippen molar-refractivity contribution in [3.8, 4) is 0 Å². The van der Waals surface area contributed by atoms with Gasteiger partial charge in [-0.3, -0.25) is 9.52 Å². The van der Waals surface area contributed by atoms with E-state index >= 15 is 0 Å². The molecule has 1 aromatic carbocycles. The highest BCUT2D eigenvalue weighted by molar-refractivity contribution is 7.93. The summed E-state index contributed by atoms with van der Waals surface area (Å²) in [6.45, 7) is 1.51. The molecule has 0 aliphatic rings. The Morgan fingerprint density at radius 2 is 1.88 bits per heavy atom. The number of rotatable bonds is 5. The molecule has 0 spiro atoms. The maximum atomic E-state index is 11.7. The molecule has 94 valence electrons. The van der Waals surface area contributed by atoms with E-state index in [9.17, 15) is 13.2 Å². The van der Waals surface area contributed by atoms with Crippen molar-refractivity contribution >= 4 is 44.2 Å². The van der Waals surface area contributed by atoms with Crippen LogP contribution in [0.5, 0.6) is 0 Å². The van der Waals surface area contributed by atoms with Crippen molar-refractivity contribution in [3.63, 3.8) is 0 Å². The number of anilines is 1. The van der Waals surface area contributed by atoms with E-state index < -0.39 is 20.5 Å². The number of carbonyl (C=O) groups is 1. The van der Waals surface area contributed by atoms with E-state index in [-0.39, 0.29) is 5.88 Å². The van der Waals surface area contributed by atoms with Gasteiger partial charge >= 0.3 is 0 Å². The molecule has 1 atom stereocenters. The maximum Gasteiger partial charge on any atom is 0.252 e. The zero-order valence-corrected chi connectivity index (χ0v) is 11.3. The highest BCUT2D eigenvalue weighted by atomic mass is 35.5. The summed E-state index contributed by atoms with van der Waals surface area (Å²) in [6.07, 6.45) is 0. The Bertz CT molecular complexity index is 499. The SMILES string of the molecule is CC(CCl)S(=O)(=O)Nc1ccc(C(=O)Cl)cc1. The van der Waals surface area contributed by atoms with Crippen molar-refractivity contribution in [2.75, 3.05) is 10.6 Å². The molecule has 17 heavy (non-hydrogen) atoms. The molecule has 0 fully saturated rings. The molecular weight excluding hydrogens is 285 g/mol. The molecule has 0 heterocycles. The standard InChI is InChI=1S/C10H11Cl2NO3S/c1-7(6-11)17(15,16)13-9-4-2-8(3-5-9)10(12)14/h2-5,7,13H,6H2,1H3. The Kier molecular flexibility index (Phi) is 4.80. The third-order valence-corrected chi connectivity index (χ3v) is 4.73.